The van der Waals surface area contributed by atoms with Crippen molar-refractivity contribution < 1.29 is 33.3 Å². The number of hydrogen-bond donors (Lipinski definition) is 0. The second-order valence-electron chi connectivity index (χ2n) is 7.00. The third kappa shape index (κ3) is 9.32. The zero-order valence-electron chi connectivity index (χ0n) is 18.8. The average Bonchev–Trinajstić information content (AvgIpc) is 3.16. The number of nitrogens with zero attached hydrogens (tertiary/aromatic N) is 2. The van der Waals surface area contributed by atoms with Crippen LogP contribution in [-0.4, -0.2) is 82.4 Å². The van der Waals surface area contributed by atoms with Gasteiger partial charge in [-0.1, -0.05) is 6.07 Å². The summed E-state index contributed by atoms with van der Waals surface area (Å²) in [7, 11) is 5.25. The molecule has 2 unspecified atom stereocenters. The molecule has 0 radical (unpaired) electrons. The van der Waals surface area contributed by atoms with E-state index in [0.29, 0.717) is 19.9 Å². The Bertz CT molecular complexity index is 654. The summed E-state index contributed by atoms with van der Waals surface area (Å²) in [6.45, 7) is 7.66. The summed E-state index contributed by atoms with van der Waals surface area (Å²) >= 11 is 0. The van der Waals surface area contributed by atoms with Crippen molar-refractivity contribution in [1.82, 2.24) is 9.80 Å². The van der Waals surface area contributed by atoms with Crippen molar-refractivity contribution in [3.63, 3.8) is 0 Å². The number of methoxy groups -OCH3 is 1. The van der Waals surface area contributed by atoms with Gasteiger partial charge < -0.3 is 33.5 Å². The standard InChI is InChI=1S/C13H17NO3.C8H17NO4/c1-3-14(8-15)10(2)6-11-4-5-12-13(7-11)17-9-16-12;1-7(11-4)13-8(10)12-6-5-9(2)3/h4-5,7-8,10H,3,6,9H2,1-2H3;7H,5-6H2,1-4H3. The van der Waals surface area contributed by atoms with Crippen molar-refractivity contribution >= 4 is 12.6 Å². The molecule has 2 atom stereocenters. The number of amides is 1. The number of hydrogen-bond acceptors (Lipinski definition) is 8. The first-order chi connectivity index (χ1) is 14.3. The van der Waals surface area contributed by atoms with Gasteiger partial charge in [-0.3, -0.25) is 4.79 Å². The lowest BCUT2D eigenvalue weighted by Gasteiger charge is -2.23. The SMILES string of the molecule is CCN(C=O)C(C)Cc1ccc2c(c1)OCO2.COC(C)OC(=O)OCCN(C)C. The molecule has 0 saturated carbocycles. The molecule has 1 aromatic carbocycles. The van der Waals surface area contributed by atoms with Crippen LogP contribution in [0.15, 0.2) is 18.2 Å². The molecule has 170 valence electrons. The Labute approximate surface area is 178 Å². The molecule has 30 heavy (non-hydrogen) atoms. The minimum Gasteiger partial charge on any atom is -0.454 e. The minimum absolute atomic E-state index is 0.192. The molecule has 0 aromatic heterocycles. The Balaban J connectivity index is 0.000000314. The first kappa shape index (κ1) is 25.5. The first-order valence-corrected chi connectivity index (χ1v) is 9.91. The molecule has 0 bridgehead atoms. The molecule has 1 amide bonds. The van der Waals surface area contributed by atoms with Gasteiger partial charge in [-0.25, -0.2) is 4.79 Å². The van der Waals surface area contributed by atoms with Crippen molar-refractivity contribution in [3.8, 4) is 11.5 Å². The fourth-order valence-corrected chi connectivity index (χ4v) is 2.55. The highest BCUT2D eigenvalue weighted by Crippen LogP contribution is 2.32. The Hall–Kier alpha value is -2.52. The maximum Gasteiger partial charge on any atom is 0.510 e. The van der Waals surface area contributed by atoms with Gasteiger partial charge in [0.15, 0.2) is 11.5 Å². The Kier molecular flexibility index (Phi) is 11.6. The molecular formula is C21H34N2O7. The topological polar surface area (TPSA) is 86.8 Å². The van der Waals surface area contributed by atoms with Crippen molar-refractivity contribution in [1.29, 1.82) is 0 Å². The number of fused-ring (bicyclic) bond motifs is 1. The van der Waals surface area contributed by atoms with Crippen molar-refractivity contribution in [2.75, 3.05) is 47.7 Å². The number of benzene rings is 1. The van der Waals surface area contributed by atoms with E-state index in [1.807, 2.05) is 51.0 Å². The van der Waals surface area contributed by atoms with Crippen LogP contribution in [0, 0.1) is 0 Å². The lowest BCUT2D eigenvalue weighted by molar-refractivity contribution is -0.119. The number of ether oxygens (including phenoxy) is 5. The predicted molar refractivity (Wildman–Crippen MR) is 112 cm³/mol. The highest BCUT2D eigenvalue weighted by atomic mass is 16.8. The summed E-state index contributed by atoms with van der Waals surface area (Å²) in [5, 5.41) is 0. The molecule has 1 aliphatic rings. The van der Waals surface area contributed by atoms with Crippen LogP contribution < -0.4 is 9.47 Å². The molecule has 9 heteroatoms. The van der Waals surface area contributed by atoms with Gasteiger partial charge in [0.05, 0.1) is 0 Å². The summed E-state index contributed by atoms with van der Waals surface area (Å²) < 4.78 is 24.7. The zero-order valence-corrected chi connectivity index (χ0v) is 18.8. The molecule has 0 spiro atoms. The second kappa shape index (κ2) is 13.7. The maximum absolute atomic E-state index is 10.9. The lowest BCUT2D eigenvalue weighted by Crippen LogP contribution is -2.33. The van der Waals surface area contributed by atoms with Crippen LogP contribution in [0.3, 0.4) is 0 Å². The molecule has 1 aromatic rings. The van der Waals surface area contributed by atoms with Gasteiger partial charge in [-0.05, 0) is 59.0 Å². The molecule has 1 aliphatic heterocycles. The van der Waals surface area contributed by atoms with Gasteiger partial charge in [0.25, 0.3) is 0 Å². The Morgan fingerprint density at radius 2 is 1.93 bits per heavy atom. The number of carbonyl (C=O) groups excluding carboxylic acids is 2. The van der Waals surface area contributed by atoms with Gasteiger partial charge in [-0.2, -0.15) is 0 Å². The largest absolute Gasteiger partial charge is 0.510 e. The highest BCUT2D eigenvalue weighted by Gasteiger charge is 2.16. The van der Waals surface area contributed by atoms with Crippen LogP contribution >= 0.6 is 0 Å². The third-order valence-electron chi connectivity index (χ3n) is 4.39. The summed E-state index contributed by atoms with van der Waals surface area (Å²) in [6, 6.07) is 6.11. The number of carbonyl (C=O) groups is 2. The smallest absolute Gasteiger partial charge is 0.454 e. The van der Waals surface area contributed by atoms with E-state index in [2.05, 4.69) is 4.74 Å². The molecule has 9 nitrogen and oxygen atoms in total. The predicted octanol–water partition coefficient (Wildman–Crippen LogP) is 2.52. The summed E-state index contributed by atoms with van der Waals surface area (Å²) in [5.41, 5.74) is 1.15. The quantitative estimate of drug-likeness (QED) is 0.320. The molecule has 0 saturated heterocycles. The van der Waals surface area contributed by atoms with E-state index in [9.17, 15) is 9.59 Å². The molecular weight excluding hydrogens is 392 g/mol. The van der Waals surface area contributed by atoms with E-state index in [4.69, 9.17) is 18.9 Å². The number of likely N-dealkylation sites (N-methyl/N-ethyl adjacent to an activating group) is 2. The molecule has 2 rings (SSSR count). The van der Waals surface area contributed by atoms with E-state index in [1.54, 1.807) is 11.8 Å². The van der Waals surface area contributed by atoms with Crippen LogP contribution in [0.5, 0.6) is 11.5 Å². The van der Waals surface area contributed by atoms with Crippen molar-refractivity contribution in [2.45, 2.75) is 39.5 Å². The first-order valence-electron chi connectivity index (χ1n) is 9.91. The van der Waals surface area contributed by atoms with Gasteiger partial charge in [-0.15, -0.1) is 0 Å². The van der Waals surface area contributed by atoms with Crippen molar-refractivity contribution in [2.24, 2.45) is 0 Å². The fraction of sp³-hybridized carbons (Fsp3) is 0.619. The minimum atomic E-state index is -0.698. The fourth-order valence-electron chi connectivity index (χ4n) is 2.55. The van der Waals surface area contributed by atoms with Crippen LogP contribution in [0.1, 0.15) is 26.3 Å². The van der Waals surface area contributed by atoms with E-state index >= 15 is 0 Å². The molecule has 1 heterocycles. The monoisotopic (exact) mass is 426 g/mol. The van der Waals surface area contributed by atoms with Crippen LogP contribution in [0.2, 0.25) is 0 Å². The Morgan fingerprint density at radius 3 is 2.53 bits per heavy atom. The van der Waals surface area contributed by atoms with Gasteiger partial charge in [0.2, 0.25) is 19.5 Å². The summed E-state index contributed by atoms with van der Waals surface area (Å²) in [4.78, 5) is 25.4. The van der Waals surface area contributed by atoms with E-state index in [-0.39, 0.29) is 6.04 Å². The second-order valence-corrected chi connectivity index (χ2v) is 7.00. The van der Waals surface area contributed by atoms with Crippen molar-refractivity contribution in [3.05, 3.63) is 23.8 Å². The van der Waals surface area contributed by atoms with Gasteiger partial charge >= 0.3 is 6.16 Å². The zero-order chi connectivity index (χ0) is 22.5. The average molecular weight is 427 g/mol. The van der Waals surface area contributed by atoms with Crippen LogP contribution in [0.4, 0.5) is 4.79 Å². The van der Waals surface area contributed by atoms with E-state index < -0.39 is 12.4 Å². The van der Waals surface area contributed by atoms with E-state index in [0.717, 1.165) is 36.4 Å². The maximum atomic E-state index is 10.9. The van der Waals surface area contributed by atoms with Gasteiger partial charge in [0.1, 0.15) is 6.61 Å². The Morgan fingerprint density at radius 1 is 1.23 bits per heavy atom. The molecule has 0 aliphatic carbocycles. The normalized spacial score (nSPS) is 13.7. The van der Waals surface area contributed by atoms with Crippen LogP contribution in [0.25, 0.3) is 0 Å². The van der Waals surface area contributed by atoms with Crippen LogP contribution in [-0.2, 0) is 25.4 Å². The lowest BCUT2D eigenvalue weighted by atomic mass is 10.1. The van der Waals surface area contributed by atoms with E-state index in [1.165, 1.54) is 7.11 Å². The summed E-state index contributed by atoms with van der Waals surface area (Å²) in [5.74, 6) is 1.59. The third-order valence-corrected chi connectivity index (χ3v) is 4.39. The summed E-state index contributed by atoms with van der Waals surface area (Å²) in [6.07, 6.45) is 0.462. The molecule has 0 N–H and O–H groups in total. The highest BCUT2D eigenvalue weighted by molar-refractivity contribution is 5.59. The number of rotatable bonds is 10. The van der Waals surface area contributed by atoms with Gasteiger partial charge in [0, 0.05) is 26.2 Å². The molecule has 0 fully saturated rings.